The van der Waals surface area contributed by atoms with Crippen LogP contribution in [0.15, 0.2) is 66.7 Å². The second-order valence-corrected chi connectivity index (χ2v) is 8.47. The third-order valence-electron chi connectivity index (χ3n) is 5.99. The number of esters is 1. The molecule has 0 fully saturated rings. The van der Waals surface area contributed by atoms with E-state index < -0.39 is 0 Å². The zero-order chi connectivity index (χ0) is 25.5. The maximum Gasteiger partial charge on any atom is 0.305 e. The van der Waals surface area contributed by atoms with Gasteiger partial charge in [-0.3, -0.25) is 4.79 Å². The van der Waals surface area contributed by atoms with E-state index in [1.165, 1.54) is 12.1 Å². The highest BCUT2D eigenvalue weighted by Crippen LogP contribution is 2.38. The van der Waals surface area contributed by atoms with E-state index in [4.69, 9.17) is 14.5 Å². The molecule has 186 valence electrons. The van der Waals surface area contributed by atoms with E-state index in [1.54, 1.807) is 13.0 Å². The van der Waals surface area contributed by atoms with Gasteiger partial charge in [0, 0.05) is 35.2 Å². The first-order valence-electron chi connectivity index (χ1n) is 12.3. The van der Waals surface area contributed by atoms with E-state index in [2.05, 4.69) is 23.5 Å². The molecule has 1 N–H and O–H groups in total. The number of fused-ring (bicyclic) bond motifs is 1. The number of rotatable bonds is 10. The topological polar surface area (TPSA) is 60.5 Å². The maximum atomic E-state index is 14.2. The number of pyridine rings is 1. The fourth-order valence-corrected chi connectivity index (χ4v) is 4.32. The normalized spacial score (nSPS) is 10.9. The summed E-state index contributed by atoms with van der Waals surface area (Å²) in [4.78, 5) is 16.6. The van der Waals surface area contributed by atoms with Crippen LogP contribution in [-0.2, 0) is 9.53 Å². The molecule has 0 amide bonds. The molecule has 0 atom stereocenters. The van der Waals surface area contributed by atoms with Gasteiger partial charge in [0.05, 0.1) is 24.4 Å². The molecule has 1 aromatic heterocycles. The van der Waals surface area contributed by atoms with Gasteiger partial charge in [0.25, 0.3) is 0 Å². The van der Waals surface area contributed by atoms with Crippen molar-refractivity contribution in [3.8, 4) is 28.1 Å². The summed E-state index contributed by atoms with van der Waals surface area (Å²) in [5.74, 6) is 0.242. The zero-order valence-corrected chi connectivity index (χ0v) is 20.9. The van der Waals surface area contributed by atoms with Gasteiger partial charge in [-0.25, -0.2) is 9.37 Å². The Bertz CT molecular complexity index is 1360. The van der Waals surface area contributed by atoms with Gasteiger partial charge >= 0.3 is 5.97 Å². The summed E-state index contributed by atoms with van der Waals surface area (Å²) in [6.07, 6.45) is 0.926. The number of nitrogens with zero attached hydrogens (tertiary/aromatic N) is 1. The van der Waals surface area contributed by atoms with Crippen LogP contribution >= 0.6 is 0 Å². The highest BCUT2D eigenvalue weighted by atomic mass is 19.1. The summed E-state index contributed by atoms with van der Waals surface area (Å²) >= 11 is 0. The van der Waals surface area contributed by atoms with Crippen LogP contribution in [0.25, 0.3) is 33.3 Å². The monoisotopic (exact) mass is 486 g/mol. The molecule has 0 aliphatic heterocycles. The van der Waals surface area contributed by atoms with Crippen LogP contribution in [0.3, 0.4) is 0 Å². The van der Waals surface area contributed by atoms with E-state index in [0.717, 1.165) is 39.4 Å². The van der Waals surface area contributed by atoms with E-state index in [1.807, 2.05) is 44.2 Å². The Morgan fingerprint density at radius 3 is 2.53 bits per heavy atom. The number of halogens is 1. The van der Waals surface area contributed by atoms with Gasteiger partial charge < -0.3 is 14.8 Å². The molecule has 0 aliphatic carbocycles. The van der Waals surface area contributed by atoms with Gasteiger partial charge in [-0.2, -0.15) is 0 Å². The first-order chi connectivity index (χ1) is 17.5. The SMILES string of the molecule is CCOC(=O)CCCNc1c(C)c(-c2ccc(-c3ccccc3)c(OCC)c2)nc2ccc(F)cc12. The minimum atomic E-state index is -0.322. The molecule has 5 nitrogen and oxygen atoms in total. The van der Waals surface area contributed by atoms with Gasteiger partial charge in [-0.05, 0) is 68.7 Å². The smallest absolute Gasteiger partial charge is 0.305 e. The van der Waals surface area contributed by atoms with Crippen LogP contribution in [0.2, 0.25) is 0 Å². The van der Waals surface area contributed by atoms with Gasteiger partial charge in [-0.15, -0.1) is 0 Å². The number of benzene rings is 3. The first kappa shape index (κ1) is 25.2. The van der Waals surface area contributed by atoms with E-state index >= 15 is 0 Å². The van der Waals surface area contributed by atoms with Crippen molar-refractivity contribution in [2.75, 3.05) is 25.1 Å². The maximum absolute atomic E-state index is 14.2. The van der Waals surface area contributed by atoms with Crippen molar-refractivity contribution in [3.05, 3.63) is 78.1 Å². The average Bonchev–Trinajstić information content (AvgIpc) is 2.88. The largest absolute Gasteiger partial charge is 0.493 e. The molecule has 0 spiro atoms. The average molecular weight is 487 g/mol. The van der Waals surface area contributed by atoms with Crippen molar-refractivity contribution in [2.45, 2.75) is 33.6 Å². The van der Waals surface area contributed by atoms with Crippen molar-refractivity contribution in [1.29, 1.82) is 0 Å². The van der Waals surface area contributed by atoms with Crippen molar-refractivity contribution in [3.63, 3.8) is 0 Å². The minimum Gasteiger partial charge on any atom is -0.493 e. The van der Waals surface area contributed by atoms with Crippen LogP contribution in [0, 0.1) is 12.7 Å². The van der Waals surface area contributed by atoms with Crippen LogP contribution in [-0.4, -0.2) is 30.7 Å². The molecule has 3 aromatic carbocycles. The van der Waals surface area contributed by atoms with Crippen LogP contribution in [0.5, 0.6) is 5.75 Å². The van der Waals surface area contributed by atoms with Crippen molar-refractivity contribution < 1.29 is 18.7 Å². The molecule has 36 heavy (non-hydrogen) atoms. The predicted molar refractivity (Wildman–Crippen MR) is 143 cm³/mol. The molecule has 0 saturated heterocycles. The summed E-state index contributed by atoms with van der Waals surface area (Å²) in [5, 5.41) is 4.13. The lowest BCUT2D eigenvalue weighted by molar-refractivity contribution is -0.143. The Kier molecular flexibility index (Phi) is 8.16. The van der Waals surface area contributed by atoms with Crippen molar-refractivity contribution in [1.82, 2.24) is 4.98 Å². The number of aromatic nitrogens is 1. The van der Waals surface area contributed by atoms with Crippen molar-refractivity contribution >= 4 is 22.6 Å². The van der Waals surface area contributed by atoms with Crippen LogP contribution < -0.4 is 10.1 Å². The number of anilines is 1. The first-order valence-corrected chi connectivity index (χ1v) is 12.3. The minimum absolute atomic E-state index is 0.218. The van der Waals surface area contributed by atoms with Gasteiger partial charge in [-0.1, -0.05) is 36.4 Å². The second kappa shape index (κ2) is 11.7. The van der Waals surface area contributed by atoms with Gasteiger partial charge in [0.1, 0.15) is 11.6 Å². The zero-order valence-electron chi connectivity index (χ0n) is 20.9. The highest BCUT2D eigenvalue weighted by Gasteiger charge is 2.16. The lowest BCUT2D eigenvalue weighted by Crippen LogP contribution is -2.10. The Hall–Kier alpha value is -3.93. The Labute approximate surface area is 211 Å². The molecule has 6 heteroatoms. The molecule has 0 bridgehead atoms. The van der Waals surface area contributed by atoms with E-state index in [0.29, 0.717) is 43.5 Å². The van der Waals surface area contributed by atoms with Gasteiger partial charge in [0.2, 0.25) is 0 Å². The van der Waals surface area contributed by atoms with E-state index in [-0.39, 0.29) is 11.8 Å². The second-order valence-electron chi connectivity index (χ2n) is 8.47. The molecule has 1 heterocycles. The summed E-state index contributed by atoms with van der Waals surface area (Å²) in [5.41, 5.74) is 6.20. The van der Waals surface area contributed by atoms with E-state index in [9.17, 15) is 9.18 Å². The number of hydrogen-bond donors (Lipinski definition) is 1. The van der Waals surface area contributed by atoms with Gasteiger partial charge in [0.15, 0.2) is 0 Å². The molecule has 0 aliphatic rings. The fraction of sp³-hybridized carbons (Fsp3) is 0.267. The highest BCUT2D eigenvalue weighted by molar-refractivity contribution is 5.96. The van der Waals surface area contributed by atoms with Crippen molar-refractivity contribution in [2.24, 2.45) is 0 Å². The summed E-state index contributed by atoms with van der Waals surface area (Å²) < 4.78 is 25.2. The molecule has 4 rings (SSSR count). The summed E-state index contributed by atoms with van der Waals surface area (Å²) in [7, 11) is 0. The standard InChI is InChI=1S/C30H31FN2O3/c1-4-35-27-18-22(13-15-24(27)21-10-7-6-8-11-21)29-20(3)30(32-17-9-12-28(34)36-5-2)25-19-23(31)14-16-26(25)33-29/h6-8,10-11,13-16,18-19H,4-5,9,12,17H2,1-3H3,(H,32,33). The van der Waals surface area contributed by atoms with Crippen LogP contribution in [0.4, 0.5) is 10.1 Å². The Morgan fingerprint density at radius 1 is 0.972 bits per heavy atom. The van der Waals surface area contributed by atoms with Crippen LogP contribution in [0.1, 0.15) is 32.3 Å². The number of carbonyl (C=O) groups excluding carboxylic acids is 1. The number of ether oxygens (including phenoxy) is 2. The number of hydrogen-bond acceptors (Lipinski definition) is 5. The molecule has 0 saturated carbocycles. The Balaban J connectivity index is 1.73. The number of nitrogens with one attached hydrogen (secondary N) is 1. The molecular weight excluding hydrogens is 455 g/mol. The summed E-state index contributed by atoms with van der Waals surface area (Å²) in [6.45, 7) is 7.20. The molecule has 0 radical (unpaired) electrons. The Morgan fingerprint density at radius 2 is 1.78 bits per heavy atom. The lowest BCUT2D eigenvalue weighted by atomic mass is 9.98. The summed E-state index contributed by atoms with van der Waals surface area (Å²) in [6, 6.07) is 20.8. The fourth-order valence-electron chi connectivity index (χ4n) is 4.32. The predicted octanol–water partition coefficient (Wildman–Crippen LogP) is 7.17. The number of carbonyl (C=O) groups is 1. The molecule has 0 unspecified atom stereocenters. The lowest BCUT2D eigenvalue weighted by Gasteiger charge is -2.18. The third-order valence-corrected chi connectivity index (χ3v) is 5.99. The molecular formula is C30H31FN2O3. The quantitative estimate of drug-likeness (QED) is 0.190. The third kappa shape index (κ3) is 5.65. The molecule has 4 aromatic rings.